The van der Waals surface area contributed by atoms with E-state index in [0.717, 1.165) is 18.7 Å². The summed E-state index contributed by atoms with van der Waals surface area (Å²) < 4.78 is 0. The Morgan fingerprint density at radius 2 is 1.41 bits per heavy atom. The van der Waals surface area contributed by atoms with Crippen molar-refractivity contribution in [1.82, 2.24) is 10.6 Å². The Hall–Kier alpha value is -0.760. The van der Waals surface area contributed by atoms with Crippen molar-refractivity contribution in [2.45, 2.75) is 84.0 Å². The summed E-state index contributed by atoms with van der Waals surface area (Å²) in [6, 6.07) is 0. The molecule has 0 aromatic carbocycles. The number of nitrogens with one attached hydrogen (secondary N) is 2. The summed E-state index contributed by atoms with van der Waals surface area (Å²) in [5, 5.41) is 6.65. The van der Waals surface area contributed by atoms with Crippen LogP contribution >= 0.6 is 0 Å². The third-order valence-corrected chi connectivity index (χ3v) is 3.98. The van der Waals surface area contributed by atoms with Gasteiger partial charge in [-0.1, -0.05) is 77.0 Å². The Morgan fingerprint density at radius 3 is 2.00 bits per heavy atom. The highest BCUT2D eigenvalue weighted by Crippen LogP contribution is 2.08. The van der Waals surface area contributed by atoms with E-state index in [1.807, 2.05) is 7.05 Å². The highest BCUT2D eigenvalue weighted by atomic mass is 14.9. The molecule has 0 rings (SSSR count). The average molecular weight is 309 g/mol. The van der Waals surface area contributed by atoms with E-state index < -0.39 is 0 Å². The molecule has 0 aromatic heterocycles. The first-order chi connectivity index (χ1) is 10.8. The van der Waals surface area contributed by atoms with Crippen LogP contribution in [0.5, 0.6) is 0 Å². The second-order valence-corrected chi connectivity index (χ2v) is 6.28. The predicted octanol–water partition coefficient (Wildman–Crippen LogP) is 5.57. The smallest absolute Gasteiger partial charge is 0.0143 e. The maximum absolute atomic E-state index is 4.09. The van der Waals surface area contributed by atoms with Crippen LogP contribution in [0.3, 0.4) is 0 Å². The van der Waals surface area contributed by atoms with Gasteiger partial charge in [0.25, 0.3) is 0 Å². The van der Waals surface area contributed by atoms with Gasteiger partial charge in [0.05, 0.1) is 0 Å². The fourth-order valence-electron chi connectivity index (χ4n) is 2.49. The zero-order chi connectivity index (χ0) is 16.3. The van der Waals surface area contributed by atoms with Crippen LogP contribution in [0.15, 0.2) is 24.4 Å². The predicted molar refractivity (Wildman–Crippen MR) is 101 cm³/mol. The van der Waals surface area contributed by atoms with E-state index in [4.69, 9.17) is 0 Å². The van der Waals surface area contributed by atoms with Crippen molar-refractivity contribution in [3.8, 4) is 0 Å². The molecule has 2 nitrogen and oxygen atoms in total. The molecule has 0 saturated carbocycles. The molecule has 0 fully saturated rings. The molecule has 0 aromatic rings. The van der Waals surface area contributed by atoms with Gasteiger partial charge in [0.2, 0.25) is 0 Å². The molecular weight excluding hydrogens is 268 g/mol. The lowest BCUT2D eigenvalue weighted by Gasteiger charge is -2.07. The normalized spacial score (nSPS) is 11.2. The molecule has 0 spiro atoms. The fourth-order valence-corrected chi connectivity index (χ4v) is 2.49. The van der Waals surface area contributed by atoms with Gasteiger partial charge in [-0.15, -0.1) is 0 Å². The molecule has 2 heteroatoms. The van der Waals surface area contributed by atoms with Crippen molar-refractivity contribution in [3.63, 3.8) is 0 Å². The molecule has 2 N–H and O–H groups in total. The molecule has 0 aliphatic carbocycles. The molecule has 22 heavy (non-hydrogen) atoms. The van der Waals surface area contributed by atoms with E-state index in [1.165, 1.54) is 77.2 Å². The molecule has 0 saturated heterocycles. The van der Waals surface area contributed by atoms with Crippen molar-refractivity contribution >= 4 is 0 Å². The molecule has 0 bridgehead atoms. The molecular formula is C20H40N2. The third-order valence-electron chi connectivity index (χ3n) is 3.98. The molecule has 0 atom stereocenters. The lowest BCUT2D eigenvalue weighted by Crippen LogP contribution is -2.13. The second kappa shape index (κ2) is 18.3. The van der Waals surface area contributed by atoms with Gasteiger partial charge in [-0.05, 0) is 32.9 Å². The summed E-state index contributed by atoms with van der Waals surface area (Å²) >= 11 is 0. The Bertz CT molecular complexity index is 258. The number of unbranched alkanes of at least 4 members (excludes halogenated alkanes) is 9. The number of rotatable bonds is 17. The first-order valence-corrected chi connectivity index (χ1v) is 9.52. The van der Waals surface area contributed by atoms with Crippen molar-refractivity contribution in [3.05, 3.63) is 24.4 Å². The largest absolute Gasteiger partial charge is 0.389 e. The molecule has 0 amide bonds. The number of allylic oxidation sites excluding steroid dienone is 2. The topological polar surface area (TPSA) is 24.1 Å². The van der Waals surface area contributed by atoms with E-state index in [0.29, 0.717) is 0 Å². The summed E-state index contributed by atoms with van der Waals surface area (Å²) in [7, 11) is 2.03. The molecule has 0 aliphatic rings. The molecule has 0 unspecified atom stereocenters. The minimum absolute atomic E-state index is 0.982. The molecule has 130 valence electrons. The van der Waals surface area contributed by atoms with Gasteiger partial charge in [-0.25, -0.2) is 0 Å². The van der Waals surface area contributed by atoms with Gasteiger partial charge in [-0.2, -0.15) is 0 Å². The average Bonchev–Trinajstić information content (AvgIpc) is 2.52. The SMILES string of the molecule is C=C(C/C=C/CCCC)NCCCCCCCCCCNC. The lowest BCUT2D eigenvalue weighted by molar-refractivity contribution is 0.555. The highest BCUT2D eigenvalue weighted by molar-refractivity contribution is 4.99. The van der Waals surface area contributed by atoms with Gasteiger partial charge in [0.15, 0.2) is 0 Å². The van der Waals surface area contributed by atoms with Gasteiger partial charge in [0.1, 0.15) is 0 Å². The number of hydrogen-bond acceptors (Lipinski definition) is 2. The van der Waals surface area contributed by atoms with E-state index in [2.05, 4.69) is 36.3 Å². The first-order valence-electron chi connectivity index (χ1n) is 9.52. The maximum atomic E-state index is 4.09. The van der Waals surface area contributed by atoms with Crippen LogP contribution in [0.4, 0.5) is 0 Å². The van der Waals surface area contributed by atoms with Crippen LogP contribution in [-0.4, -0.2) is 20.1 Å². The van der Waals surface area contributed by atoms with Crippen LogP contribution in [0.25, 0.3) is 0 Å². The van der Waals surface area contributed by atoms with Crippen LogP contribution in [-0.2, 0) is 0 Å². The molecule has 0 heterocycles. The van der Waals surface area contributed by atoms with Gasteiger partial charge in [0, 0.05) is 18.7 Å². The van der Waals surface area contributed by atoms with Crippen LogP contribution < -0.4 is 10.6 Å². The van der Waals surface area contributed by atoms with E-state index in [1.54, 1.807) is 0 Å². The van der Waals surface area contributed by atoms with Gasteiger partial charge >= 0.3 is 0 Å². The fraction of sp³-hybridized carbons (Fsp3) is 0.800. The number of hydrogen-bond donors (Lipinski definition) is 2. The van der Waals surface area contributed by atoms with Crippen LogP contribution in [0.2, 0.25) is 0 Å². The minimum Gasteiger partial charge on any atom is -0.389 e. The van der Waals surface area contributed by atoms with E-state index in [9.17, 15) is 0 Å². The van der Waals surface area contributed by atoms with Gasteiger partial charge in [-0.3, -0.25) is 0 Å². The van der Waals surface area contributed by atoms with Gasteiger partial charge < -0.3 is 10.6 Å². The summed E-state index contributed by atoms with van der Waals surface area (Å²) in [5.41, 5.74) is 1.16. The van der Waals surface area contributed by atoms with Crippen molar-refractivity contribution in [2.75, 3.05) is 20.1 Å². The van der Waals surface area contributed by atoms with Crippen LogP contribution in [0.1, 0.15) is 84.0 Å². The van der Waals surface area contributed by atoms with E-state index in [-0.39, 0.29) is 0 Å². The summed E-state index contributed by atoms with van der Waals surface area (Å²) in [6.07, 6.45) is 20.2. The Kier molecular flexibility index (Phi) is 17.7. The summed E-state index contributed by atoms with van der Waals surface area (Å²) in [4.78, 5) is 0. The molecule has 0 aliphatic heterocycles. The second-order valence-electron chi connectivity index (χ2n) is 6.28. The standard InChI is InChI=1S/C20H40N2/c1-4-5-6-11-14-17-20(2)22-19-16-13-10-8-7-9-12-15-18-21-3/h11,14,21-22H,2,4-10,12-13,15-19H2,1,3H3/b14-11+. The first kappa shape index (κ1) is 21.2. The zero-order valence-corrected chi connectivity index (χ0v) is 15.3. The minimum atomic E-state index is 0.982. The Labute approximate surface area is 139 Å². The summed E-state index contributed by atoms with van der Waals surface area (Å²) in [5.74, 6) is 0. The van der Waals surface area contributed by atoms with Crippen molar-refractivity contribution < 1.29 is 0 Å². The Balaban J connectivity index is 3.18. The quantitative estimate of drug-likeness (QED) is 0.271. The highest BCUT2D eigenvalue weighted by Gasteiger charge is 1.94. The van der Waals surface area contributed by atoms with Crippen molar-refractivity contribution in [1.29, 1.82) is 0 Å². The zero-order valence-electron chi connectivity index (χ0n) is 15.3. The monoisotopic (exact) mass is 308 g/mol. The molecule has 0 radical (unpaired) electrons. The van der Waals surface area contributed by atoms with E-state index >= 15 is 0 Å². The lowest BCUT2D eigenvalue weighted by atomic mass is 10.1. The summed E-state index contributed by atoms with van der Waals surface area (Å²) in [6.45, 7) is 8.58. The van der Waals surface area contributed by atoms with Crippen molar-refractivity contribution in [2.24, 2.45) is 0 Å². The Morgan fingerprint density at radius 1 is 0.818 bits per heavy atom. The third kappa shape index (κ3) is 17.3. The van der Waals surface area contributed by atoms with Crippen LogP contribution in [0, 0.1) is 0 Å². The maximum Gasteiger partial charge on any atom is 0.0143 e.